The van der Waals surface area contributed by atoms with Crippen molar-refractivity contribution in [2.75, 3.05) is 57.4 Å². The number of rotatable bonds is 7. The lowest BCUT2D eigenvalue weighted by Gasteiger charge is -2.41. The zero-order valence-electron chi connectivity index (χ0n) is 20.4. The van der Waals surface area contributed by atoms with Gasteiger partial charge in [0.1, 0.15) is 6.61 Å². The summed E-state index contributed by atoms with van der Waals surface area (Å²) in [5, 5.41) is 19.9. The fourth-order valence-corrected chi connectivity index (χ4v) is 4.73. The Bertz CT molecular complexity index is 1010. The van der Waals surface area contributed by atoms with Crippen molar-refractivity contribution in [3.63, 3.8) is 0 Å². The molecule has 0 aliphatic carbocycles. The van der Waals surface area contributed by atoms with Crippen LogP contribution in [0.1, 0.15) is 34.3 Å². The summed E-state index contributed by atoms with van der Waals surface area (Å²) in [6.07, 6.45) is 1.30. The number of β-amino-alcohol motifs (C(OH)–C–C–N with tert-alkyl or cyclic N) is 1. The normalized spacial score (nSPS) is 18.3. The molecule has 2 aliphatic heterocycles. The first-order valence-electron chi connectivity index (χ1n) is 12.3. The molecule has 0 bridgehead atoms. The minimum absolute atomic E-state index is 0.0597. The maximum absolute atomic E-state index is 13.7. The van der Waals surface area contributed by atoms with E-state index >= 15 is 0 Å². The van der Waals surface area contributed by atoms with Crippen LogP contribution in [0.25, 0.3) is 0 Å². The van der Waals surface area contributed by atoms with Crippen LogP contribution in [0.15, 0.2) is 48.5 Å². The van der Waals surface area contributed by atoms with Gasteiger partial charge >= 0.3 is 6.03 Å². The number of carbonyl (C=O) groups excluding carboxylic acids is 2. The molecular weight excluding hydrogens is 446 g/mol. The number of benzene rings is 2. The largest absolute Gasteiger partial charge is 0.388 e. The van der Waals surface area contributed by atoms with E-state index in [1.807, 2.05) is 48.2 Å². The van der Waals surface area contributed by atoms with E-state index in [0.717, 1.165) is 16.8 Å². The van der Waals surface area contributed by atoms with Gasteiger partial charge in [-0.2, -0.15) is 0 Å². The minimum Gasteiger partial charge on any atom is -0.388 e. The van der Waals surface area contributed by atoms with E-state index in [1.165, 1.54) is 0 Å². The first kappa shape index (κ1) is 25.3. The van der Waals surface area contributed by atoms with Crippen molar-refractivity contribution in [1.82, 2.24) is 9.80 Å². The van der Waals surface area contributed by atoms with Gasteiger partial charge in [-0.25, -0.2) is 4.79 Å². The number of hydrogen-bond acceptors (Lipinski definition) is 6. The van der Waals surface area contributed by atoms with E-state index < -0.39 is 12.2 Å². The van der Waals surface area contributed by atoms with Crippen LogP contribution >= 0.6 is 0 Å². The van der Waals surface area contributed by atoms with Crippen molar-refractivity contribution in [2.24, 2.45) is 0 Å². The van der Waals surface area contributed by atoms with Gasteiger partial charge in [-0.05, 0) is 30.2 Å². The van der Waals surface area contributed by atoms with Crippen LogP contribution in [0, 0.1) is 6.92 Å². The fraction of sp³-hybridized carbons (Fsp3) is 0.481. The number of piperazine rings is 1. The quantitative estimate of drug-likeness (QED) is 0.590. The molecule has 2 saturated heterocycles. The number of ether oxygens (including phenoxy) is 1. The van der Waals surface area contributed by atoms with E-state index in [-0.39, 0.29) is 11.8 Å². The highest BCUT2D eigenvalue weighted by Gasteiger charge is 2.34. The Morgan fingerprint density at radius 1 is 1.03 bits per heavy atom. The third-order valence-corrected chi connectivity index (χ3v) is 6.89. The molecule has 0 unspecified atom stereocenters. The Morgan fingerprint density at radius 3 is 2.34 bits per heavy atom. The van der Waals surface area contributed by atoms with Crippen molar-refractivity contribution in [3.8, 4) is 0 Å². The van der Waals surface area contributed by atoms with Gasteiger partial charge in [0.15, 0.2) is 5.78 Å². The summed E-state index contributed by atoms with van der Waals surface area (Å²) in [6.45, 7) is 6.27. The molecule has 0 atom stereocenters. The van der Waals surface area contributed by atoms with Crippen molar-refractivity contribution < 1.29 is 24.5 Å². The number of urea groups is 1. The second-order valence-corrected chi connectivity index (χ2v) is 9.59. The molecule has 0 radical (unpaired) electrons. The average molecular weight is 482 g/mol. The van der Waals surface area contributed by atoms with Crippen molar-refractivity contribution in [3.05, 3.63) is 65.2 Å². The smallest absolute Gasteiger partial charge is 0.324 e. The van der Waals surface area contributed by atoms with Crippen LogP contribution in [0.3, 0.4) is 0 Å². The summed E-state index contributed by atoms with van der Waals surface area (Å²) in [5.74, 6) is -0.327. The number of aryl methyl sites for hydroxylation is 1. The molecule has 0 spiro atoms. The number of hydrogen-bond donors (Lipinski definition) is 2. The van der Waals surface area contributed by atoms with Gasteiger partial charge < -0.3 is 19.8 Å². The summed E-state index contributed by atoms with van der Waals surface area (Å²) in [6, 6.07) is 14.8. The van der Waals surface area contributed by atoms with Crippen molar-refractivity contribution in [1.29, 1.82) is 0 Å². The second-order valence-electron chi connectivity index (χ2n) is 9.59. The van der Waals surface area contributed by atoms with E-state index in [2.05, 4.69) is 4.90 Å². The minimum atomic E-state index is -0.707. The molecule has 2 aliphatic rings. The number of nitrogens with zero attached hydrogens (tertiary/aromatic N) is 3. The molecule has 35 heavy (non-hydrogen) atoms. The molecular formula is C27H35N3O5. The Hall–Kier alpha value is -2.78. The van der Waals surface area contributed by atoms with Gasteiger partial charge in [0, 0.05) is 70.0 Å². The topological polar surface area (TPSA) is 93.6 Å². The van der Waals surface area contributed by atoms with E-state index in [0.29, 0.717) is 70.9 Å². The molecule has 8 heteroatoms. The van der Waals surface area contributed by atoms with E-state index in [9.17, 15) is 14.7 Å². The number of aliphatic hydroxyl groups excluding tert-OH is 1. The van der Waals surface area contributed by atoms with Crippen LogP contribution in [0.2, 0.25) is 0 Å². The Morgan fingerprint density at radius 2 is 1.71 bits per heavy atom. The molecule has 2 aromatic carbocycles. The Kier molecular flexibility index (Phi) is 8.18. The van der Waals surface area contributed by atoms with Crippen molar-refractivity contribution >= 4 is 17.5 Å². The number of Topliss-reactive ketones (excluding diaryl/α,β-unsaturated/α-hetero) is 1. The second kappa shape index (κ2) is 11.3. The van der Waals surface area contributed by atoms with Gasteiger partial charge in [-0.15, -0.1) is 0 Å². The average Bonchev–Trinajstić information content (AvgIpc) is 2.87. The molecule has 0 saturated carbocycles. The third-order valence-electron chi connectivity index (χ3n) is 6.89. The summed E-state index contributed by atoms with van der Waals surface area (Å²) < 4.78 is 5.39. The molecule has 188 valence electrons. The lowest BCUT2D eigenvalue weighted by molar-refractivity contribution is -0.0829. The van der Waals surface area contributed by atoms with Crippen LogP contribution in [0.4, 0.5) is 10.5 Å². The molecule has 2 aromatic rings. The SMILES string of the molecule is Cc1cccc(N(Cc2ccc(C(=O)CO)cc2)C(=O)N2CCN(CC3(O)CCOCC3)CC2)c1. The maximum atomic E-state index is 13.7. The lowest BCUT2D eigenvalue weighted by Crippen LogP contribution is -2.56. The van der Waals surface area contributed by atoms with Gasteiger partial charge in [0.05, 0.1) is 12.1 Å². The van der Waals surface area contributed by atoms with Gasteiger partial charge in [-0.3, -0.25) is 14.6 Å². The molecule has 4 rings (SSSR count). The molecule has 2 fully saturated rings. The molecule has 2 amide bonds. The highest BCUT2D eigenvalue weighted by molar-refractivity contribution is 5.97. The van der Waals surface area contributed by atoms with E-state index in [1.54, 1.807) is 17.0 Å². The number of amides is 2. The van der Waals surface area contributed by atoms with Crippen LogP contribution in [-0.2, 0) is 11.3 Å². The summed E-state index contributed by atoms with van der Waals surface area (Å²) >= 11 is 0. The number of anilines is 1. The summed E-state index contributed by atoms with van der Waals surface area (Å²) in [7, 11) is 0. The summed E-state index contributed by atoms with van der Waals surface area (Å²) in [5.41, 5.74) is 2.53. The first-order valence-corrected chi connectivity index (χ1v) is 12.3. The summed E-state index contributed by atoms with van der Waals surface area (Å²) in [4.78, 5) is 31.3. The monoisotopic (exact) mass is 481 g/mol. The highest BCUT2D eigenvalue weighted by Crippen LogP contribution is 2.24. The van der Waals surface area contributed by atoms with Gasteiger partial charge in [0.25, 0.3) is 0 Å². The maximum Gasteiger partial charge on any atom is 0.324 e. The molecule has 0 aromatic heterocycles. The van der Waals surface area contributed by atoms with Crippen LogP contribution < -0.4 is 4.90 Å². The Balaban J connectivity index is 1.44. The molecule has 8 nitrogen and oxygen atoms in total. The predicted octanol–water partition coefficient (Wildman–Crippen LogP) is 2.46. The zero-order valence-corrected chi connectivity index (χ0v) is 20.4. The lowest BCUT2D eigenvalue weighted by atomic mass is 9.93. The Labute approximate surface area is 206 Å². The standard InChI is InChI=1S/C27H35N3O5/c1-21-3-2-4-24(17-21)30(18-22-5-7-23(8-6-22)25(32)19-31)26(33)29-13-11-28(12-14-29)20-27(34)9-15-35-16-10-27/h2-8,17,31,34H,9-16,18-20H2,1H3. The first-order chi connectivity index (χ1) is 16.9. The number of aliphatic hydroxyl groups is 2. The predicted molar refractivity (Wildman–Crippen MR) is 134 cm³/mol. The fourth-order valence-electron chi connectivity index (χ4n) is 4.73. The highest BCUT2D eigenvalue weighted by atomic mass is 16.5. The molecule has 2 N–H and O–H groups in total. The van der Waals surface area contributed by atoms with Gasteiger partial charge in [0.2, 0.25) is 0 Å². The number of carbonyl (C=O) groups is 2. The zero-order chi connectivity index (χ0) is 24.8. The molecule has 2 heterocycles. The van der Waals surface area contributed by atoms with Gasteiger partial charge in [-0.1, -0.05) is 36.4 Å². The van der Waals surface area contributed by atoms with E-state index in [4.69, 9.17) is 9.84 Å². The van der Waals surface area contributed by atoms with Crippen molar-refractivity contribution in [2.45, 2.75) is 31.9 Å². The van der Waals surface area contributed by atoms with Crippen LogP contribution in [-0.4, -0.2) is 90.0 Å². The number of ketones is 1. The third kappa shape index (κ3) is 6.46. The van der Waals surface area contributed by atoms with Crippen LogP contribution in [0.5, 0.6) is 0 Å².